The number of benzene rings is 1. The Hall–Kier alpha value is -0.800. The second-order valence-electron chi connectivity index (χ2n) is 4.86. The molecule has 1 fully saturated rings. The molecule has 1 heterocycles. The Labute approximate surface area is 122 Å². The minimum atomic E-state index is -0.558. The van der Waals surface area contributed by atoms with E-state index in [2.05, 4.69) is 0 Å². The maximum atomic E-state index is 13.7. The molecule has 0 N–H and O–H groups in total. The van der Waals surface area contributed by atoms with Crippen LogP contribution in [0.5, 0.6) is 0 Å². The van der Waals surface area contributed by atoms with E-state index in [4.69, 9.17) is 23.2 Å². The number of alkyl halides is 1. The van der Waals surface area contributed by atoms with Gasteiger partial charge in [-0.25, -0.2) is 4.39 Å². The lowest BCUT2D eigenvalue weighted by Crippen LogP contribution is -2.40. The molecule has 1 aromatic carbocycles. The van der Waals surface area contributed by atoms with E-state index in [1.54, 1.807) is 4.90 Å². The number of nitrogens with zero attached hydrogens (tertiary/aromatic N) is 1. The Morgan fingerprint density at radius 2 is 2.26 bits per heavy atom. The molecule has 2 nitrogen and oxygen atoms in total. The summed E-state index contributed by atoms with van der Waals surface area (Å²) >= 11 is 11.4. The molecule has 19 heavy (non-hydrogen) atoms. The molecule has 1 unspecified atom stereocenters. The van der Waals surface area contributed by atoms with Crippen LogP contribution in [0.25, 0.3) is 0 Å². The quantitative estimate of drug-likeness (QED) is 0.774. The van der Waals surface area contributed by atoms with Crippen molar-refractivity contribution in [2.75, 3.05) is 19.0 Å². The number of carbonyl (C=O) groups is 1. The standard InChI is InChI=1S/C14H16Cl2FNO/c15-6-5-10-2-1-7-18(9-10)14(19)12-4-3-11(16)8-13(12)17/h3-4,8,10H,1-2,5-7,9H2. The highest BCUT2D eigenvalue weighted by molar-refractivity contribution is 6.30. The minimum absolute atomic E-state index is 0.0934. The van der Waals surface area contributed by atoms with Crippen LogP contribution >= 0.6 is 23.2 Å². The second-order valence-corrected chi connectivity index (χ2v) is 5.68. The molecule has 1 aromatic rings. The van der Waals surface area contributed by atoms with E-state index in [-0.39, 0.29) is 11.5 Å². The van der Waals surface area contributed by atoms with Crippen LogP contribution in [-0.4, -0.2) is 29.8 Å². The fourth-order valence-corrected chi connectivity index (χ4v) is 2.94. The van der Waals surface area contributed by atoms with Crippen LogP contribution in [0.2, 0.25) is 5.02 Å². The highest BCUT2D eigenvalue weighted by Crippen LogP contribution is 2.23. The van der Waals surface area contributed by atoms with Crippen molar-refractivity contribution in [1.29, 1.82) is 0 Å². The summed E-state index contributed by atoms with van der Waals surface area (Å²) in [4.78, 5) is 14.0. The van der Waals surface area contributed by atoms with E-state index in [1.165, 1.54) is 18.2 Å². The van der Waals surface area contributed by atoms with Crippen molar-refractivity contribution in [2.45, 2.75) is 19.3 Å². The Morgan fingerprint density at radius 1 is 1.47 bits per heavy atom. The van der Waals surface area contributed by atoms with Crippen LogP contribution in [0.15, 0.2) is 18.2 Å². The van der Waals surface area contributed by atoms with Gasteiger partial charge in [0, 0.05) is 24.0 Å². The van der Waals surface area contributed by atoms with Crippen LogP contribution in [-0.2, 0) is 0 Å². The molecule has 1 atom stereocenters. The summed E-state index contributed by atoms with van der Waals surface area (Å²) in [6.45, 7) is 1.34. The molecule has 0 bridgehead atoms. The molecule has 1 aliphatic heterocycles. The van der Waals surface area contributed by atoms with E-state index < -0.39 is 5.82 Å². The first-order valence-corrected chi connectivity index (χ1v) is 7.33. The van der Waals surface area contributed by atoms with Crippen LogP contribution in [0.3, 0.4) is 0 Å². The van der Waals surface area contributed by atoms with Crippen LogP contribution in [0, 0.1) is 11.7 Å². The van der Waals surface area contributed by atoms with Crippen molar-refractivity contribution in [1.82, 2.24) is 4.90 Å². The molecule has 0 spiro atoms. The molecule has 1 saturated heterocycles. The van der Waals surface area contributed by atoms with Crippen LogP contribution in [0.4, 0.5) is 4.39 Å². The molecule has 104 valence electrons. The normalized spacial score (nSPS) is 19.5. The van der Waals surface area contributed by atoms with Crippen molar-refractivity contribution >= 4 is 29.1 Å². The predicted molar refractivity (Wildman–Crippen MR) is 75.4 cm³/mol. The van der Waals surface area contributed by atoms with Gasteiger partial charge < -0.3 is 4.90 Å². The van der Waals surface area contributed by atoms with E-state index in [0.29, 0.717) is 29.9 Å². The molecule has 1 amide bonds. The zero-order chi connectivity index (χ0) is 13.8. The molecule has 0 saturated carbocycles. The van der Waals surface area contributed by atoms with E-state index in [9.17, 15) is 9.18 Å². The summed E-state index contributed by atoms with van der Waals surface area (Å²) in [5.74, 6) is 0.207. The van der Waals surface area contributed by atoms with Gasteiger partial charge in [-0.05, 0) is 43.4 Å². The third-order valence-electron chi connectivity index (χ3n) is 3.49. The SMILES string of the molecule is O=C(c1ccc(Cl)cc1F)N1CCCC(CCCl)C1. The maximum Gasteiger partial charge on any atom is 0.256 e. The van der Waals surface area contributed by atoms with Gasteiger partial charge in [-0.2, -0.15) is 0 Å². The lowest BCUT2D eigenvalue weighted by Gasteiger charge is -2.32. The number of piperidine rings is 1. The lowest BCUT2D eigenvalue weighted by molar-refractivity contribution is 0.0667. The summed E-state index contributed by atoms with van der Waals surface area (Å²) in [6.07, 6.45) is 2.93. The minimum Gasteiger partial charge on any atom is -0.338 e. The summed E-state index contributed by atoms with van der Waals surface area (Å²) in [5, 5.41) is 0.299. The van der Waals surface area contributed by atoms with Gasteiger partial charge in [0.15, 0.2) is 0 Å². The Morgan fingerprint density at radius 3 is 2.95 bits per heavy atom. The Bertz CT molecular complexity index is 465. The van der Waals surface area contributed by atoms with E-state index >= 15 is 0 Å². The van der Waals surface area contributed by atoms with Gasteiger partial charge >= 0.3 is 0 Å². The van der Waals surface area contributed by atoms with Crippen molar-refractivity contribution in [3.8, 4) is 0 Å². The summed E-state index contributed by atoms with van der Waals surface area (Å²) in [6, 6.07) is 4.16. The zero-order valence-corrected chi connectivity index (χ0v) is 12.1. The second kappa shape index (κ2) is 6.58. The Balaban J connectivity index is 2.10. The molecule has 0 aliphatic carbocycles. The Kier molecular flexibility index (Phi) is 5.06. The molecule has 2 rings (SSSR count). The molecular formula is C14H16Cl2FNO. The molecule has 5 heteroatoms. The van der Waals surface area contributed by atoms with E-state index in [1.807, 2.05) is 0 Å². The van der Waals surface area contributed by atoms with Crippen molar-refractivity contribution in [3.63, 3.8) is 0 Å². The average molecular weight is 304 g/mol. The summed E-state index contributed by atoms with van der Waals surface area (Å²) < 4.78 is 13.7. The zero-order valence-electron chi connectivity index (χ0n) is 10.5. The summed E-state index contributed by atoms with van der Waals surface area (Å²) in [5.41, 5.74) is 0.0934. The summed E-state index contributed by atoms with van der Waals surface area (Å²) in [7, 11) is 0. The number of hydrogen-bond acceptors (Lipinski definition) is 1. The molecular weight excluding hydrogens is 288 g/mol. The van der Waals surface area contributed by atoms with Crippen LogP contribution < -0.4 is 0 Å². The monoisotopic (exact) mass is 303 g/mol. The number of carbonyl (C=O) groups excluding carboxylic acids is 1. The van der Waals surface area contributed by atoms with Crippen molar-refractivity contribution in [3.05, 3.63) is 34.6 Å². The third kappa shape index (κ3) is 3.61. The highest BCUT2D eigenvalue weighted by atomic mass is 35.5. The smallest absolute Gasteiger partial charge is 0.256 e. The first-order valence-electron chi connectivity index (χ1n) is 6.42. The fourth-order valence-electron chi connectivity index (χ4n) is 2.47. The fraction of sp³-hybridized carbons (Fsp3) is 0.500. The van der Waals surface area contributed by atoms with Crippen LogP contribution in [0.1, 0.15) is 29.6 Å². The number of likely N-dealkylation sites (tertiary alicyclic amines) is 1. The van der Waals surface area contributed by atoms with Gasteiger partial charge in [0.2, 0.25) is 0 Å². The average Bonchev–Trinajstić information content (AvgIpc) is 2.39. The van der Waals surface area contributed by atoms with Gasteiger partial charge in [0.05, 0.1) is 5.56 Å². The topological polar surface area (TPSA) is 20.3 Å². The van der Waals surface area contributed by atoms with Gasteiger partial charge in [-0.15, -0.1) is 11.6 Å². The van der Waals surface area contributed by atoms with Gasteiger partial charge in [0.25, 0.3) is 5.91 Å². The van der Waals surface area contributed by atoms with Gasteiger partial charge in [-0.1, -0.05) is 11.6 Å². The van der Waals surface area contributed by atoms with Crippen molar-refractivity contribution < 1.29 is 9.18 Å². The third-order valence-corrected chi connectivity index (χ3v) is 3.94. The number of hydrogen-bond donors (Lipinski definition) is 0. The maximum absolute atomic E-state index is 13.7. The van der Waals surface area contributed by atoms with Gasteiger partial charge in [-0.3, -0.25) is 4.79 Å². The highest BCUT2D eigenvalue weighted by Gasteiger charge is 2.25. The number of amides is 1. The van der Waals surface area contributed by atoms with Gasteiger partial charge in [0.1, 0.15) is 5.82 Å². The first-order chi connectivity index (χ1) is 9.11. The largest absolute Gasteiger partial charge is 0.338 e. The number of halogens is 3. The first kappa shape index (κ1) is 14.6. The van der Waals surface area contributed by atoms with Crippen molar-refractivity contribution in [2.24, 2.45) is 5.92 Å². The lowest BCUT2D eigenvalue weighted by atomic mass is 9.95. The number of rotatable bonds is 3. The predicted octanol–water partition coefficient (Wildman–Crippen LogP) is 3.96. The molecule has 0 aromatic heterocycles. The molecule has 1 aliphatic rings. The van der Waals surface area contributed by atoms with E-state index in [0.717, 1.165) is 19.3 Å². The molecule has 0 radical (unpaired) electrons.